The van der Waals surface area contributed by atoms with E-state index in [1.807, 2.05) is 0 Å². The number of carbonyl (C=O) groups is 1. The molecule has 0 fully saturated rings. The van der Waals surface area contributed by atoms with Gasteiger partial charge in [0, 0.05) is 12.4 Å². The number of imidazole rings is 1. The van der Waals surface area contributed by atoms with E-state index in [0.717, 1.165) is 0 Å². The van der Waals surface area contributed by atoms with E-state index in [9.17, 15) is 9.90 Å². The summed E-state index contributed by atoms with van der Waals surface area (Å²) in [4.78, 5) is 20.2. The number of nitrogens with one attached hydrogen (secondary N) is 1. The molecule has 0 radical (unpaired) electrons. The fourth-order valence-corrected chi connectivity index (χ4v) is 2.09. The van der Waals surface area contributed by atoms with E-state index in [2.05, 4.69) is 15.3 Å². The summed E-state index contributed by atoms with van der Waals surface area (Å²) in [7, 11) is 0. The lowest BCUT2D eigenvalue weighted by Crippen LogP contribution is -2.15. The summed E-state index contributed by atoms with van der Waals surface area (Å²) in [5.74, 6) is -0.548. The highest BCUT2D eigenvalue weighted by atomic mass is 35.5. The summed E-state index contributed by atoms with van der Waals surface area (Å²) in [5, 5.41) is 12.2. The standard InChI is InChI=1S/C13H9ClN4O2/c14-11-10(18-7-2-1-5-9(18)16-11)13(20)17-12-8(19)4-3-6-15-12/h1-7,19H,(H,15,17,20). The maximum atomic E-state index is 12.3. The molecule has 3 heterocycles. The molecule has 3 rings (SSSR count). The molecular weight excluding hydrogens is 280 g/mol. The average molecular weight is 289 g/mol. The van der Waals surface area contributed by atoms with E-state index in [0.29, 0.717) is 5.65 Å². The zero-order valence-electron chi connectivity index (χ0n) is 10.1. The Kier molecular flexibility index (Phi) is 3.00. The molecule has 6 nitrogen and oxygen atoms in total. The summed E-state index contributed by atoms with van der Waals surface area (Å²) in [5.41, 5.74) is 0.750. The van der Waals surface area contributed by atoms with Crippen LogP contribution >= 0.6 is 11.6 Å². The molecule has 0 saturated carbocycles. The topological polar surface area (TPSA) is 79.5 Å². The summed E-state index contributed by atoms with van der Waals surface area (Å²) < 4.78 is 1.57. The van der Waals surface area contributed by atoms with E-state index in [1.54, 1.807) is 34.9 Å². The molecule has 3 aromatic rings. The second-order valence-corrected chi connectivity index (χ2v) is 4.36. The van der Waals surface area contributed by atoms with Crippen LogP contribution in [0.15, 0.2) is 42.7 Å². The van der Waals surface area contributed by atoms with Crippen LogP contribution in [-0.4, -0.2) is 25.4 Å². The molecule has 100 valence electrons. The van der Waals surface area contributed by atoms with Crippen LogP contribution in [0.5, 0.6) is 5.75 Å². The highest BCUT2D eigenvalue weighted by Gasteiger charge is 2.19. The van der Waals surface area contributed by atoms with Crippen molar-refractivity contribution >= 4 is 29.0 Å². The minimum Gasteiger partial charge on any atom is -0.504 e. The monoisotopic (exact) mass is 288 g/mol. The van der Waals surface area contributed by atoms with Crippen molar-refractivity contribution in [2.24, 2.45) is 0 Å². The van der Waals surface area contributed by atoms with E-state index in [-0.39, 0.29) is 22.4 Å². The van der Waals surface area contributed by atoms with Crippen molar-refractivity contribution in [3.63, 3.8) is 0 Å². The Labute approximate surface area is 118 Å². The van der Waals surface area contributed by atoms with Crippen LogP contribution in [0.3, 0.4) is 0 Å². The first-order valence-corrected chi connectivity index (χ1v) is 6.12. The van der Waals surface area contributed by atoms with Gasteiger partial charge < -0.3 is 10.4 Å². The van der Waals surface area contributed by atoms with Crippen LogP contribution in [-0.2, 0) is 0 Å². The fourth-order valence-electron chi connectivity index (χ4n) is 1.83. The van der Waals surface area contributed by atoms with Crippen molar-refractivity contribution < 1.29 is 9.90 Å². The second kappa shape index (κ2) is 4.82. The van der Waals surface area contributed by atoms with Gasteiger partial charge in [0.15, 0.2) is 22.4 Å². The number of anilines is 1. The summed E-state index contributed by atoms with van der Waals surface area (Å²) in [6.07, 6.45) is 3.15. The van der Waals surface area contributed by atoms with Gasteiger partial charge in [-0.15, -0.1) is 0 Å². The Morgan fingerprint density at radius 2 is 2.15 bits per heavy atom. The van der Waals surface area contributed by atoms with Crippen LogP contribution in [0.1, 0.15) is 10.5 Å². The van der Waals surface area contributed by atoms with Gasteiger partial charge in [0.2, 0.25) is 0 Å². The first-order valence-electron chi connectivity index (χ1n) is 5.75. The Balaban J connectivity index is 2.01. The second-order valence-electron chi connectivity index (χ2n) is 4.01. The lowest BCUT2D eigenvalue weighted by atomic mass is 10.4. The molecule has 1 amide bonds. The molecule has 0 spiro atoms. The lowest BCUT2D eigenvalue weighted by molar-refractivity contribution is 0.102. The smallest absolute Gasteiger partial charge is 0.277 e. The molecule has 20 heavy (non-hydrogen) atoms. The molecule has 0 unspecified atom stereocenters. The Bertz CT molecular complexity index is 800. The van der Waals surface area contributed by atoms with E-state index < -0.39 is 5.91 Å². The SMILES string of the molecule is O=C(Nc1ncccc1O)c1c(Cl)nc2ccccn12. The highest BCUT2D eigenvalue weighted by Crippen LogP contribution is 2.22. The van der Waals surface area contributed by atoms with Crippen molar-refractivity contribution in [2.45, 2.75) is 0 Å². The molecular formula is C13H9ClN4O2. The molecule has 0 aliphatic heterocycles. The first kappa shape index (κ1) is 12.4. The summed E-state index contributed by atoms with van der Waals surface area (Å²) in [6.45, 7) is 0. The van der Waals surface area contributed by atoms with Crippen LogP contribution in [0.4, 0.5) is 5.82 Å². The third-order valence-electron chi connectivity index (χ3n) is 2.72. The van der Waals surface area contributed by atoms with Gasteiger partial charge >= 0.3 is 0 Å². The largest absolute Gasteiger partial charge is 0.504 e. The summed E-state index contributed by atoms with van der Waals surface area (Å²) >= 11 is 5.99. The number of aromatic nitrogens is 3. The van der Waals surface area contributed by atoms with Gasteiger partial charge in [0.1, 0.15) is 5.65 Å². The number of hydrogen-bond donors (Lipinski definition) is 2. The number of fused-ring (bicyclic) bond motifs is 1. The molecule has 3 aromatic heterocycles. The quantitative estimate of drug-likeness (QED) is 0.758. The Morgan fingerprint density at radius 1 is 1.30 bits per heavy atom. The fraction of sp³-hybridized carbons (Fsp3) is 0. The molecule has 0 atom stereocenters. The normalized spacial score (nSPS) is 10.7. The number of hydrogen-bond acceptors (Lipinski definition) is 4. The van der Waals surface area contributed by atoms with Crippen molar-refractivity contribution in [3.05, 3.63) is 53.6 Å². The number of amides is 1. The van der Waals surface area contributed by atoms with Crippen LogP contribution in [0, 0.1) is 0 Å². The van der Waals surface area contributed by atoms with Crippen molar-refractivity contribution in [2.75, 3.05) is 5.32 Å². The van der Waals surface area contributed by atoms with Gasteiger partial charge in [-0.2, -0.15) is 0 Å². The van der Waals surface area contributed by atoms with Crippen LogP contribution in [0.2, 0.25) is 5.15 Å². The molecule has 7 heteroatoms. The van der Waals surface area contributed by atoms with Gasteiger partial charge in [0.25, 0.3) is 5.91 Å². The van der Waals surface area contributed by atoms with Gasteiger partial charge in [0.05, 0.1) is 0 Å². The number of nitrogens with zero attached hydrogens (tertiary/aromatic N) is 3. The number of pyridine rings is 2. The summed E-state index contributed by atoms with van der Waals surface area (Å²) in [6, 6.07) is 8.29. The zero-order chi connectivity index (χ0) is 14.1. The van der Waals surface area contributed by atoms with E-state index in [1.165, 1.54) is 12.3 Å². The molecule has 0 aromatic carbocycles. The molecule has 0 aliphatic rings. The molecule has 0 aliphatic carbocycles. The third kappa shape index (κ3) is 2.06. The predicted molar refractivity (Wildman–Crippen MR) is 74.1 cm³/mol. The van der Waals surface area contributed by atoms with Gasteiger partial charge in [-0.05, 0) is 24.3 Å². The third-order valence-corrected chi connectivity index (χ3v) is 2.98. The Hall–Kier alpha value is -2.60. The van der Waals surface area contributed by atoms with Crippen LogP contribution in [0.25, 0.3) is 5.65 Å². The van der Waals surface area contributed by atoms with E-state index in [4.69, 9.17) is 11.6 Å². The molecule has 0 saturated heterocycles. The van der Waals surface area contributed by atoms with Crippen molar-refractivity contribution in [1.82, 2.24) is 14.4 Å². The Morgan fingerprint density at radius 3 is 2.95 bits per heavy atom. The number of carbonyl (C=O) groups excluding carboxylic acids is 1. The minimum atomic E-state index is -0.497. The molecule has 0 bridgehead atoms. The predicted octanol–water partition coefficient (Wildman–Crippen LogP) is 2.34. The minimum absolute atomic E-state index is 0.0689. The van der Waals surface area contributed by atoms with Crippen LogP contribution < -0.4 is 5.32 Å². The van der Waals surface area contributed by atoms with Gasteiger partial charge in [-0.1, -0.05) is 17.7 Å². The van der Waals surface area contributed by atoms with Crippen molar-refractivity contribution in [1.29, 1.82) is 0 Å². The number of aromatic hydroxyl groups is 1. The average Bonchev–Trinajstić information content (AvgIpc) is 2.77. The maximum absolute atomic E-state index is 12.3. The van der Waals surface area contributed by atoms with Gasteiger partial charge in [-0.3, -0.25) is 9.20 Å². The highest BCUT2D eigenvalue weighted by molar-refractivity contribution is 6.33. The number of halogens is 1. The lowest BCUT2D eigenvalue weighted by Gasteiger charge is -2.05. The first-order chi connectivity index (χ1) is 9.66. The molecule has 2 N–H and O–H groups in total. The van der Waals surface area contributed by atoms with Crippen molar-refractivity contribution in [3.8, 4) is 5.75 Å². The maximum Gasteiger partial charge on any atom is 0.277 e. The van der Waals surface area contributed by atoms with Gasteiger partial charge in [-0.25, -0.2) is 9.97 Å². The number of rotatable bonds is 2. The van der Waals surface area contributed by atoms with E-state index >= 15 is 0 Å². The zero-order valence-corrected chi connectivity index (χ0v) is 10.9.